The van der Waals surface area contributed by atoms with E-state index in [1.807, 2.05) is 25.7 Å². The standard InChI is InChI=1S/C19H26N2O3/c1-12-8-13(2)18(14(3)9-12)20-19(23)15-10-17(22)21(11-15)16-4-6-24-7-5-16/h8-9,15-16H,4-7,10-11H2,1-3H3,(H,20,23). The van der Waals surface area contributed by atoms with Gasteiger partial charge in [0, 0.05) is 37.9 Å². The first kappa shape index (κ1) is 17.0. The number of hydrogen-bond donors (Lipinski definition) is 1. The molecule has 5 heteroatoms. The third-order valence-electron chi connectivity index (χ3n) is 5.09. The number of rotatable bonds is 3. The van der Waals surface area contributed by atoms with Gasteiger partial charge in [-0.25, -0.2) is 0 Å². The lowest BCUT2D eigenvalue weighted by atomic mass is 10.0. The maximum absolute atomic E-state index is 12.7. The van der Waals surface area contributed by atoms with Gasteiger partial charge in [-0.1, -0.05) is 17.7 Å². The van der Waals surface area contributed by atoms with E-state index in [0.717, 1.165) is 29.7 Å². The lowest BCUT2D eigenvalue weighted by Crippen LogP contribution is -2.41. The van der Waals surface area contributed by atoms with Crippen molar-refractivity contribution in [3.05, 3.63) is 28.8 Å². The predicted octanol–water partition coefficient (Wildman–Crippen LogP) is 2.58. The largest absolute Gasteiger partial charge is 0.381 e. The molecule has 3 rings (SSSR count). The van der Waals surface area contributed by atoms with Crippen LogP contribution in [0.4, 0.5) is 5.69 Å². The van der Waals surface area contributed by atoms with E-state index in [2.05, 4.69) is 17.4 Å². The average Bonchev–Trinajstić information content (AvgIpc) is 2.93. The molecule has 0 saturated carbocycles. The number of carbonyl (C=O) groups excluding carboxylic acids is 2. The second kappa shape index (κ2) is 6.93. The Morgan fingerprint density at radius 3 is 2.42 bits per heavy atom. The zero-order chi connectivity index (χ0) is 17.3. The summed E-state index contributed by atoms with van der Waals surface area (Å²) in [4.78, 5) is 26.9. The molecule has 1 aromatic rings. The summed E-state index contributed by atoms with van der Waals surface area (Å²) in [7, 11) is 0. The number of hydrogen-bond acceptors (Lipinski definition) is 3. The number of likely N-dealkylation sites (tertiary alicyclic amines) is 1. The zero-order valence-corrected chi connectivity index (χ0v) is 14.7. The highest BCUT2D eigenvalue weighted by atomic mass is 16.5. The SMILES string of the molecule is Cc1cc(C)c(NC(=O)C2CC(=O)N(C3CCOCC3)C2)c(C)c1. The minimum absolute atomic E-state index is 0.0482. The van der Waals surface area contributed by atoms with Gasteiger partial charge in [0.25, 0.3) is 0 Å². The Balaban J connectivity index is 1.67. The summed E-state index contributed by atoms with van der Waals surface area (Å²) < 4.78 is 5.37. The fraction of sp³-hybridized carbons (Fsp3) is 0.579. The number of ether oxygens (including phenoxy) is 1. The molecule has 2 aliphatic rings. The summed E-state index contributed by atoms with van der Waals surface area (Å²) in [6, 6.07) is 4.36. The smallest absolute Gasteiger partial charge is 0.229 e. The second-order valence-electron chi connectivity index (χ2n) is 7.05. The van der Waals surface area contributed by atoms with Crippen LogP contribution in [-0.2, 0) is 14.3 Å². The number of nitrogens with one attached hydrogen (secondary N) is 1. The molecule has 0 spiro atoms. The molecule has 1 N–H and O–H groups in total. The molecule has 1 unspecified atom stereocenters. The molecule has 2 amide bonds. The molecule has 5 nitrogen and oxygen atoms in total. The third-order valence-corrected chi connectivity index (χ3v) is 5.09. The highest BCUT2D eigenvalue weighted by Gasteiger charge is 2.38. The molecular formula is C19H26N2O3. The van der Waals surface area contributed by atoms with Crippen molar-refractivity contribution in [3.8, 4) is 0 Å². The Kier molecular flexibility index (Phi) is 4.90. The van der Waals surface area contributed by atoms with Crippen molar-refractivity contribution in [1.29, 1.82) is 0 Å². The van der Waals surface area contributed by atoms with Gasteiger partial charge in [0.05, 0.1) is 5.92 Å². The first-order chi connectivity index (χ1) is 11.5. The van der Waals surface area contributed by atoms with Gasteiger partial charge in [0.15, 0.2) is 0 Å². The number of nitrogens with zero attached hydrogens (tertiary/aromatic N) is 1. The summed E-state index contributed by atoms with van der Waals surface area (Å²) in [5.74, 6) is -0.215. The van der Waals surface area contributed by atoms with Crippen LogP contribution in [0.1, 0.15) is 36.0 Å². The molecule has 0 bridgehead atoms. The predicted molar refractivity (Wildman–Crippen MR) is 92.9 cm³/mol. The van der Waals surface area contributed by atoms with E-state index in [0.29, 0.717) is 26.2 Å². The van der Waals surface area contributed by atoms with E-state index < -0.39 is 0 Å². The summed E-state index contributed by atoms with van der Waals surface area (Å²) in [6.45, 7) is 7.99. The van der Waals surface area contributed by atoms with Crippen molar-refractivity contribution in [2.75, 3.05) is 25.1 Å². The third kappa shape index (κ3) is 3.46. The monoisotopic (exact) mass is 330 g/mol. The number of anilines is 1. The van der Waals surface area contributed by atoms with Crippen molar-refractivity contribution in [2.45, 2.75) is 46.1 Å². The first-order valence-corrected chi connectivity index (χ1v) is 8.71. The Hall–Kier alpha value is -1.88. The van der Waals surface area contributed by atoms with Crippen LogP contribution in [-0.4, -0.2) is 42.5 Å². The molecule has 2 heterocycles. The van der Waals surface area contributed by atoms with Crippen molar-refractivity contribution >= 4 is 17.5 Å². The number of benzene rings is 1. The highest BCUT2D eigenvalue weighted by Crippen LogP contribution is 2.27. The van der Waals surface area contributed by atoms with Crippen LogP contribution in [0.5, 0.6) is 0 Å². The molecule has 0 radical (unpaired) electrons. The van der Waals surface area contributed by atoms with Gasteiger partial charge < -0.3 is 15.0 Å². The Bertz CT molecular complexity index is 627. The number of carbonyl (C=O) groups is 2. The van der Waals surface area contributed by atoms with Crippen molar-refractivity contribution in [1.82, 2.24) is 4.90 Å². The van der Waals surface area contributed by atoms with Gasteiger partial charge in [-0.2, -0.15) is 0 Å². The summed E-state index contributed by atoms with van der Waals surface area (Å²) in [6.07, 6.45) is 2.06. The van der Waals surface area contributed by atoms with Crippen LogP contribution in [0.3, 0.4) is 0 Å². The van der Waals surface area contributed by atoms with E-state index in [-0.39, 0.29) is 23.8 Å². The van der Waals surface area contributed by atoms with Crippen molar-refractivity contribution in [3.63, 3.8) is 0 Å². The maximum atomic E-state index is 12.7. The Morgan fingerprint density at radius 1 is 1.17 bits per heavy atom. The molecule has 0 aliphatic carbocycles. The number of amides is 2. The van der Waals surface area contributed by atoms with E-state index in [9.17, 15) is 9.59 Å². The minimum atomic E-state index is -0.263. The summed E-state index contributed by atoms with van der Waals surface area (Å²) in [5.41, 5.74) is 4.19. The normalized spacial score (nSPS) is 22.0. The van der Waals surface area contributed by atoms with Crippen LogP contribution < -0.4 is 5.32 Å². The zero-order valence-electron chi connectivity index (χ0n) is 14.7. The molecular weight excluding hydrogens is 304 g/mol. The molecule has 2 aliphatic heterocycles. The van der Waals surface area contributed by atoms with Crippen LogP contribution in [0.25, 0.3) is 0 Å². The van der Waals surface area contributed by atoms with Crippen molar-refractivity contribution in [2.24, 2.45) is 5.92 Å². The van der Waals surface area contributed by atoms with Gasteiger partial charge in [-0.05, 0) is 44.7 Å². The summed E-state index contributed by atoms with van der Waals surface area (Å²) >= 11 is 0. The Labute approximate surface area is 143 Å². The van der Waals surface area contributed by atoms with Gasteiger partial charge in [-0.3, -0.25) is 9.59 Å². The van der Waals surface area contributed by atoms with Crippen LogP contribution in [0.15, 0.2) is 12.1 Å². The lowest BCUT2D eigenvalue weighted by Gasteiger charge is -2.31. The first-order valence-electron chi connectivity index (χ1n) is 8.71. The van der Waals surface area contributed by atoms with E-state index in [1.54, 1.807) is 0 Å². The fourth-order valence-corrected chi connectivity index (χ4v) is 3.86. The van der Waals surface area contributed by atoms with E-state index in [4.69, 9.17) is 4.74 Å². The van der Waals surface area contributed by atoms with Gasteiger partial charge in [0.1, 0.15) is 0 Å². The molecule has 1 atom stereocenters. The van der Waals surface area contributed by atoms with E-state index in [1.165, 1.54) is 5.56 Å². The topological polar surface area (TPSA) is 58.6 Å². The lowest BCUT2D eigenvalue weighted by molar-refractivity contribution is -0.131. The summed E-state index contributed by atoms with van der Waals surface area (Å²) in [5, 5.41) is 3.05. The molecule has 130 valence electrons. The fourth-order valence-electron chi connectivity index (χ4n) is 3.86. The van der Waals surface area contributed by atoms with E-state index >= 15 is 0 Å². The highest BCUT2D eigenvalue weighted by molar-refractivity contribution is 5.98. The molecule has 0 aromatic heterocycles. The molecule has 2 fully saturated rings. The van der Waals surface area contributed by atoms with Crippen LogP contribution in [0.2, 0.25) is 0 Å². The van der Waals surface area contributed by atoms with Gasteiger partial charge in [-0.15, -0.1) is 0 Å². The van der Waals surface area contributed by atoms with Gasteiger partial charge in [0.2, 0.25) is 11.8 Å². The maximum Gasteiger partial charge on any atom is 0.229 e. The molecule has 2 saturated heterocycles. The number of aryl methyl sites for hydroxylation is 3. The molecule has 1 aromatic carbocycles. The van der Waals surface area contributed by atoms with Crippen LogP contribution >= 0.6 is 0 Å². The average molecular weight is 330 g/mol. The Morgan fingerprint density at radius 2 is 1.79 bits per heavy atom. The quantitative estimate of drug-likeness (QED) is 0.927. The van der Waals surface area contributed by atoms with Crippen molar-refractivity contribution < 1.29 is 14.3 Å². The molecule has 24 heavy (non-hydrogen) atoms. The minimum Gasteiger partial charge on any atom is -0.381 e. The van der Waals surface area contributed by atoms with Gasteiger partial charge >= 0.3 is 0 Å². The second-order valence-corrected chi connectivity index (χ2v) is 7.05. The van der Waals surface area contributed by atoms with Crippen LogP contribution in [0, 0.1) is 26.7 Å².